The van der Waals surface area contributed by atoms with E-state index < -0.39 is 5.41 Å². The van der Waals surface area contributed by atoms with Gasteiger partial charge in [0.05, 0.1) is 16.8 Å². The van der Waals surface area contributed by atoms with Gasteiger partial charge in [-0.2, -0.15) is 0 Å². The molecular formula is C97H59BN2O. The van der Waals surface area contributed by atoms with E-state index >= 15 is 0 Å². The minimum Gasteiger partial charge on any atom is -0.456 e. The van der Waals surface area contributed by atoms with Gasteiger partial charge in [0.1, 0.15) is 11.2 Å². The summed E-state index contributed by atoms with van der Waals surface area (Å²) in [6.07, 6.45) is 0. The normalized spacial score (nSPS) is 13.4. The smallest absolute Gasteiger partial charge is 0.252 e. The van der Waals surface area contributed by atoms with Crippen LogP contribution in [0.4, 0.5) is 34.1 Å². The number of hydrogen-bond acceptors (Lipinski definition) is 3. The Hall–Kier alpha value is -13.0. The van der Waals surface area contributed by atoms with Gasteiger partial charge in [-0.1, -0.05) is 291 Å². The van der Waals surface area contributed by atoms with Gasteiger partial charge >= 0.3 is 0 Å². The first-order valence-corrected chi connectivity index (χ1v) is 35.2. The molecule has 0 N–H and O–H groups in total. The number of benzene rings is 18. The lowest BCUT2D eigenvalue weighted by atomic mass is 9.33. The van der Waals surface area contributed by atoms with Crippen molar-refractivity contribution in [3.05, 3.63) is 380 Å². The fraction of sp³-hybridized carbons (Fsp3) is 0.0103. The Bertz CT molecular complexity index is 6710. The summed E-state index contributed by atoms with van der Waals surface area (Å²) in [6, 6.07) is 135. The van der Waals surface area contributed by atoms with Crippen molar-refractivity contribution in [2.45, 2.75) is 5.41 Å². The zero-order valence-electron chi connectivity index (χ0n) is 54.9. The number of para-hydroxylation sites is 3. The quantitative estimate of drug-likeness (QED) is 0.117. The molecule has 0 bridgehead atoms. The maximum atomic E-state index is 7.17. The van der Waals surface area contributed by atoms with Crippen LogP contribution >= 0.6 is 0 Å². The highest BCUT2D eigenvalue weighted by Gasteiger charge is 2.51. The van der Waals surface area contributed by atoms with E-state index in [-0.39, 0.29) is 6.71 Å². The van der Waals surface area contributed by atoms with Crippen LogP contribution < -0.4 is 26.2 Å². The molecule has 18 aromatic carbocycles. The van der Waals surface area contributed by atoms with E-state index in [0.717, 1.165) is 72.8 Å². The minimum absolute atomic E-state index is 0.321. The van der Waals surface area contributed by atoms with E-state index in [1.54, 1.807) is 0 Å². The van der Waals surface area contributed by atoms with Crippen LogP contribution in [-0.4, -0.2) is 6.71 Å². The maximum Gasteiger partial charge on any atom is 0.252 e. The molecule has 3 nitrogen and oxygen atoms in total. The molecule has 3 heterocycles. The third-order valence-corrected chi connectivity index (χ3v) is 22.6. The third-order valence-electron chi connectivity index (χ3n) is 22.6. The largest absolute Gasteiger partial charge is 0.456 e. The Balaban J connectivity index is 0.933. The van der Waals surface area contributed by atoms with Crippen molar-refractivity contribution in [1.82, 2.24) is 0 Å². The van der Waals surface area contributed by atoms with Crippen molar-refractivity contribution in [3.8, 4) is 44.5 Å². The molecule has 0 saturated heterocycles. The molecule has 0 saturated carbocycles. The second kappa shape index (κ2) is 21.5. The first-order chi connectivity index (χ1) is 50.1. The lowest BCUT2D eigenvalue weighted by Crippen LogP contribution is -2.61. The highest BCUT2D eigenvalue weighted by molar-refractivity contribution is 7.00. The van der Waals surface area contributed by atoms with E-state index in [9.17, 15) is 0 Å². The number of hydrogen-bond donors (Lipinski definition) is 0. The molecule has 1 aromatic heterocycles. The number of anilines is 6. The zero-order chi connectivity index (χ0) is 66.0. The number of fused-ring (bicyclic) bond motifs is 19. The van der Waals surface area contributed by atoms with Gasteiger partial charge in [0.15, 0.2) is 0 Å². The predicted octanol–water partition coefficient (Wildman–Crippen LogP) is 24.0. The molecule has 0 unspecified atom stereocenters. The summed E-state index contributed by atoms with van der Waals surface area (Å²) in [7, 11) is 0. The van der Waals surface area contributed by atoms with E-state index in [2.05, 4.69) is 368 Å². The molecule has 3 aliphatic rings. The third kappa shape index (κ3) is 7.96. The molecule has 101 heavy (non-hydrogen) atoms. The fourth-order valence-corrected chi connectivity index (χ4v) is 18.5. The molecule has 0 radical (unpaired) electrons. The predicted molar refractivity (Wildman–Crippen MR) is 426 cm³/mol. The standard InChI is InChI=1S/C97H59BN2O/c1-3-30-64(31-4-1)97(65-32-5-2-6-33-65)84-47-23-19-43-75(84)82-56-90-86(58-85(82)97)98-87-59-95-83(78-46-22-26-50-94(78)101-95)57-91(87)100(89-49-25-21-45-77(89)81-53-62-29-9-12-36-68(62)71-39-15-18-42-74(71)81)93-55-63(79-51-60-27-7-10-34-66(60)69-37-13-16-40-72(69)79)54-92(96(93)98)99(90)88-48-24-20-44-76(88)80-52-61-28-8-11-35-67(61)70-38-14-17-41-73(70)80/h1-59H. The number of nitrogens with zero attached hydrogens (tertiary/aromatic N) is 2. The van der Waals surface area contributed by atoms with Crippen molar-refractivity contribution in [2.24, 2.45) is 0 Å². The van der Waals surface area contributed by atoms with Gasteiger partial charge in [-0.15, -0.1) is 0 Å². The van der Waals surface area contributed by atoms with Crippen molar-refractivity contribution in [2.75, 3.05) is 9.80 Å². The van der Waals surface area contributed by atoms with Crippen LogP contribution in [0.5, 0.6) is 0 Å². The van der Waals surface area contributed by atoms with Crippen molar-refractivity contribution in [1.29, 1.82) is 0 Å². The molecule has 0 fully saturated rings. The highest BCUT2D eigenvalue weighted by Crippen LogP contribution is 2.59. The van der Waals surface area contributed by atoms with E-state index in [1.807, 2.05) is 0 Å². The Kier molecular flexibility index (Phi) is 11.9. The average Bonchev–Trinajstić information content (AvgIpc) is 1.65. The summed E-state index contributed by atoms with van der Waals surface area (Å²) >= 11 is 0. The Labute approximate surface area is 584 Å². The van der Waals surface area contributed by atoms with Gasteiger partial charge in [0, 0.05) is 44.6 Å². The Morgan fingerprint density at radius 1 is 0.228 bits per heavy atom. The molecule has 0 spiro atoms. The summed E-state index contributed by atoms with van der Waals surface area (Å²) in [5.74, 6) is 0. The van der Waals surface area contributed by atoms with Gasteiger partial charge in [0.25, 0.3) is 6.71 Å². The summed E-state index contributed by atoms with van der Waals surface area (Å²) < 4.78 is 7.17. The van der Waals surface area contributed by atoms with E-state index in [1.165, 1.54) is 131 Å². The maximum absolute atomic E-state index is 7.17. The van der Waals surface area contributed by atoms with Crippen LogP contribution in [0.3, 0.4) is 0 Å². The Morgan fingerprint density at radius 3 is 1.18 bits per heavy atom. The SMILES string of the molecule is c1ccc(C2(c3ccccc3)c3ccccc3-c3cc4c(cc32)B2c3cc5oc6ccccc6c5cc3N(c3ccccc3-c3cc5ccccc5c5ccccc35)c3cc(-c5cc6ccccc6c6ccccc56)cc(c32)N4c2ccccc2-c2cc3ccccc3c3ccccc23)cc1. The monoisotopic (exact) mass is 1280 g/mol. The van der Waals surface area contributed by atoms with Gasteiger partial charge < -0.3 is 14.2 Å². The van der Waals surface area contributed by atoms with Crippen molar-refractivity contribution in [3.63, 3.8) is 0 Å². The second-order valence-electron chi connectivity index (χ2n) is 27.6. The summed E-state index contributed by atoms with van der Waals surface area (Å²) in [5, 5.41) is 16.8. The van der Waals surface area contributed by atoms with E-state index in [0.29, 0.717) is 0 Å². The average molecular weight is 1280 g/mol. The highest BCUT2D eigenvalue weighted by atomic mass is 16.3. The molecule has 22 rings (SSSR count). The summed E-state index contributed by atoms with van der Waals surface area (Å²) in [5.41, 5.74) is 25.6. The van der Waals surface area contributed by atoms with Crippen LogP contribution in [0.25, 0.3) is 131 Å². The van der Waals surface area contributed by atoms with Gasteiger partial charge in [-0.3, -0.25) is 0 Å². The molecule has 2 aliphatic heterocycles. The molecular weight excluding hydrogens is 1220 g/mol. The molecule has 4 heteroatoms. The van der Waals surface area contributed by atoms with Crippen LogP contribution in [0.15, 0.2) is 362 Å². The van der Waals surface area contributed by atoms with Gasteiger partial charge in [-0.05, 0) is 203 Å². The van der Waals surface area contributed by atoms with Crippen molar-refractivity contribution < 1.29 is 4.42 Å². The fourth-order valence-electron chi connectivity index (χ4n) is 18.5. The van der Waals surface area contributed by atoms with Crippen LogP contribution in [0.2, 0.25) is 0 Å². The number of furan rings is 1. The molecule has 0 amide bonds. The topological polar surface area (TPSA) is 19.6 Å². The van der Waals surface area contributed by atoms with Crippen LogP contribution in [0.1, 0.15) is 22.3 Å². The first-order valence-electron chi connectivity index (χ1n) is 35.2. The first kappa shape index (κ1) is 56.0. The van der Waals surface area contributed by atoms with Crippen molar-refractivity contribution >= 4 is 144 Å². The van der Waals surface area contributed by atoms with Gasteiger partial charge in [0.2, 0.25) is 0 Å². The summed E-state index contributed by atoms with van der Waals surface area (Å²) in [6.45, 7) is -0.321. The molecule has 0 atom stereocenters. The second-order valence-corrected chi connectivity index (χ2v) is 27.6. The lowest BCUT2D eigenvalue weighted by Gasteiger charge is -2.45. The summed E-state index contributed by atoms with van der Waals surface area (Å²) in [4.78, 5) is 5.35. The van der Waals surface area contributed by atoms with E-state index in [4.69, 9.17) is 4.42 Å². The van der Waals surface area contributed by atoms with Crippen LogP contribution in [0, 0.1) is 0 Å². The number of rotatable bonds is 7. The molecule has 1 aliphatic carbocycles. The minimum atomic E-state index is -0.686. The Morgan fingerprint density at radius 2 is 0.634 bits per heavy atom. The van der Waals surface area contributed by atoms with Gasteiger partial charge in [-0.25, -0.2) is 0 Å². The molecule has 19 aromatic rings. The lowest BCUT2D eigenvalue weighted by molar-refractivity contribution is 0.669. The van der Waals surface area contributed by atoms with Crippen LogP contribution in [-0.2, 0) is 5.41 Å². The molecule has 466 valence electrons. The zero-order valence-corrected chi connectivity index (χ0v) is 54.9.